The van der Waals surface area contributed by atoms with Gasteiger partial charge in [-0.3, -0.25) is 0 Å². The molecule has 6 nitrogen and oxygen atoms in total. The van der Waals surface area contributed by atoms with Crippen molar-refractivity contribution in [3.63, 3.8) is 0 Å². The molecular formula is C15H17NO5. The summed E-state index contributed by atoms with van der Waals surface area (Å²) in [5, 5.41) is 12.3. The van der Waals surface area contributed by atoms with Crippen molar-refractivity contribution in [2.75, 3.05) is 6.61 Å². The van der Waals surface area contributed by atoms with Crippen LogP contribution in [0, 0.1) is 0 Å². The highest BCUT2D eigenvalue weighted by atomic mass is 16.7. The number of ether oxygens (including phenoxy) is 1. The van der Waals surface area contributed by atoms with Crippen LogP contribution in [0.25, 0.3) is 0 Å². The predicted octanol–water partition coefficient (Wildman–Crippen LogP) is 2.00. The van der Waals surface area contributed by atoms with Crippen molar-refractivity contribution in [1.82, 2.24) is 0 Å². The summed E-state index contributed by atoms with van der Waals surface area (Å²) >= 11 is 0. The fourth-order valence-electron chi connectivity index (χ4n) is 1.32. The number of hydrogen-bond acceptors (Lipinski definition) is 5. The zero-order valence-electron chi connectivity index (χ0n) is 11.9. The molecule has 1 rings (SSSR count). The monoisotopic (exact) mass is 291 g/mol. The van der Waals surface area contributed by atoms with E-state index in [0.29, 0.717) is 11.8 Å². The van der Waals surface area contributed by atoms with E-state index in [2.05, 4.69) is 5.16 Å². The molecule has 0 aliphatic carbocycles. The Morgan fingerprint density at radius 1 is 1.29 bits per heavy atom. The average molecular weight is 291 g/mol. The molecule has 21 heavy (non-hydrogen) atoms. The van der Waals surface area contributed by atoms with E-state index in [0.717, 1.165) is 11.6 Å². The van der Waals surface area contributed by atoms with Crippen molar-refractivity contribution in [1.29, 1.82) is 0 Å². The van der Waals surface area contributed by atoms with E-state index in [4.69, 9.17) is 14.7 Å². The minimum absolute atomic E-state index is 0.0195. The molecule has 6 heteroatoms. The van der Waals surface area contributed by atoms with E-state index >= 15 is 0 Å². The maximum absolute atomic E-state index is 11.1. The highest BCUT2D eigenvalue weighted by Crippen LogP contribution is 2.03. The van der Waals surface area contributed by atoms with Gasteiger partial charge in [0.25, 0.3) is 0 Å². The first-order valence-electron chi connectivity index (χ1n) is 6.32. The molecule has 0 radical (unpaired) electrons. The molecule has 0 spiro atoms. The fourth-order valence-corrected chi connectivity index (χ4v) is 1.32. The van der Waals surface area contributed by atoms with Crippen LogP contribution in [-0.4, -0.2) is 35.5 Å². The number of carbonyl (C=O) groups is 2. The van der Waals surface area contributed by atoms with Gasteiger partial charge in [-0.25, -0.2) is 9.59 Å². The number of aliphatic carboxylic acids is 1. The maximum atomic E-state index is 11.1. The van der Waals surface area contributed by atoms with Gasteiger partial charge in [-0.15, -0.1) is 0 Å². The SMILES string of the molecule is C/C(=N\OC(C)COC(=O)/C=C\C(=O)O)c1ccccc1. The van der Waals surface area contributed by atoms with Gasteiger partial charge < -0.3 is 14.7 Å². The first kappa shape index (κ1) is 16.4. The number of esters is 1. The summed E-state index contributed by atoms with van der Waals surface area (Å²) in [5.74, 6) is -1.95. The summed E-state index contributed by atoms with van der Waals surface area (Å²) in [4.78, 5) is 26.6. The summed E-state index contributed by atoms with van der Waals surface area (Å²) in [6.45, 7) is 3.48. The second kappa shape index (κ2) is 8.52. The van der Waals surface area contributed by atoms with Crippen LogP contribution in [0.15, 0.2) is 47.6 Å². The Kier molecular flexibility index (Phi) is 6.67. The molecule has 1 N–H and O–H groups in total. The Labute approximate surface area is 122 Å². The second-order valence-corrected chi connectivity index (χ2v) is 4.26. The van der Waals surface area contributed by atoms with Gasteiger partial charge in [0, 0.05) is 12.2 Å². The molecule has 112 valence electrons. The molecule has 0 amide bonds. The Bertz CT molecular complexity index is 536. The summed E-state index contributed by atoms with van der Waals surface area (Å²) < 4.78 is 4.81. The summed E-state index contributed by atoms with van der Waals surface area (Å²) in [6, 6.07) is 9.51. The molecule has 1 atom stereocenters. The van der Waals surface area contributed by atoms with Crippen molar-refractivity contribution in [2.24, 2.45) is 5.16 Å². The molecule has 0 aliphatic rings. The van der Waals surface area contributed by atoms with Gasteiger partial charge in [0.15, 0.2) is 6.10 Å². The molecule has 0 saturated heterocycles. The molecule has 0 aliphatic heterocycles. The van der Waals surface area contributed by atoms with Crippen molar-refractivity contribution in [3.8, 4) is 0 Å². The van der Waals surface area contributed by atoms with Gasteiger partial charge in [0.2, 0.25) is 0 Å². The summed E-state index contributed by atoms with van der Waals surface area (Å²) in [7, 11) is 0. The minimum Gasteiger partial charge on any atom is -0.478 e. The fraction of sp³-hybridized carbons (Fsp3) is 0.267. The lowest BCUT2D eigenvalue weighted by Crippen LogP contribution is -2.17. The van der Waals surface area contributed by atoms with Crippen LogP contribution < -0.4 is 0 Å². The summed E-state index contributed by atoms with van der Waals surface area (Å²) in [5.41, 5.74) is 1.64. The number of carboxylic acids is 1. The van der Waals surface area contributed by atoms with Crippen LogP contribution in [0.1, 0.15) is 19.4 Å². The van der Waals surface area contributed by atoms with Crippen LogP contribution in [0.4, 0.5) is 0 Å². The topological polar surface area (TPSA) is 85.2 Å². The molecule has 0 saturated carbocycles. The van der Waals surface area contributed by atoms with E-state index in [9.17, 15) is 9.59 Å². The summed E-state index contributed by atoms with van der Waals surface area (Å²) in [6.07, 6.45) is 1.12. The minimum atomic E-state index is -1.21. The van der Waals surface area contributed by atoms with Crippen molar-refractivity contribution in [3.05, 3.63) is 48.0 Å². The quantitative estimate of drug-likeness (QED) is 0.359. The second-order valence-electron chi connectivity index (χ2n) is 4.26. The average Bonchev–Trinajstić information content (AvgIpc) is 2.49. The number of benzene rings is 1. The molecule has 0 heterocycles. The predicted molar refractivity (Wildman–Crippen MR) is 76.9 cm³/mol. The van der Waals surface area contributed by atoms with Crippen molar-refractivity contribution < 1.29 is 24.3 Å². The number of carboxylic acid groups (broad SMARTS) is 1. The maximum Gasteiger partial charge on any atom is 0.331 e. The molecule has 1 unspecified atom stereocenters. The highest BCUT2D eigenvalue weighted by molar-refractivity contribution is 5.98. The van der Waals surface area contributed by atoms with E-state index in [1.807, 2.05) is 37.3 Å². The van der Waals surface area contributed by atoms with Gasteiger partial charge in [0.05, 0.1) is 5.71 Å². The highest BCUT2D eigenvalue weighted by Gasteiger charge is 2.07. The van der Waals surface area contributed by atoms with Gasteiger partial charge in [0.1, 0.15) is 6.61 Å². The van der Waals surface area contributed by atoms with Gasteiger partial charge in [-0.05, 0) is 19.4 Å². The van der Waals surface area contributed by atoms with Crippen LogP contribution in [-0.2, 0) is 19.2 Å². The Balaban J connectivity index is 2.39. The van der Waals surface area contributed by atoms with Crippen LogP contribution in [0.5, 0.6) is 0 Å². The van der Waals surface area contributed by atoms with Crippen molar-refractivity contribution >= 4 is 17.7 Å². The third-order valence-corrected chi connectivity index (χ3v) is 2.38. The smallest absolute Gasteiger partial charge is 0.331 e. The number of rotatable bonds is 7. The number of carbonyl (C=O) groups excluding carboxylic acids is 1. The zero-order valence-corrected chi connectivity index (χ0v) is 11.9. The van der Waals surface area contributed by atoms with Crippen LogP contribution in [0.2, 0.25) is 0 Å². The first-order chi connectivity index (χ1) is 9.99. The number of oxime groups is 1. The lowest BCUT2D eigenvalue weighted by atomic mass is 10.1. The van der Waals surface area contributed by atoms with Gasteiger partial charge in [-0.1, -0.05) is 35.5 Å². The Hall–Kier alpha value is -2.63. The lowest BCUT2D eigenvalue weighted by molar-refractivity contribution is -0.142. The van der Waals surface area contributed by atoms with E-state index < -0.39 is 18.0 Å². The van der Waals surface area contributed by atoms with E-state index in [-0.39, 0.29) is 6.61 Å². The standard InChI is InChI=1S/C15H17NO5/c1-11(10-20-15(19)9-8-14(17)18)21-16-12(2)13-6-4-3-5-7-13/h3-9,11H,10H2,1-2H3,(H,17,18)/b9-8-,16-12+. The molecule has 1 aromatic carbocycles. The molecule has 0 fully saturated rings. The van der Waals surface area contributed by atoms with Crippen LogP contribution >= 0.6 is 0 Å². The molecule has 0 aromatic heterocycles. The van der Waals surface area contributed by atoms with Crippen molar-refractivity contribution in [2.45, 2.75) is 20.0 Å². The largest absolute Gasteiger partial charge is 0.478 e. The third kappa shape index (κ3) is 6.91. The van der Waals surface area contributed by atoms with E-state index in [1.54, 1.807) is 6.92 Å². The van der Waals surface area contributed by atoms with Gasteiger partial charge in [-0.2, -0.15) is 0 Å². The normalized spacial score (nSPS) is 13.0. The molecule has 0 bridgehead atoms. The third-order valence-electron chi connectivity index (χ3n) is 2.38. The van der Waals surface area contributed by atoms with E-state index in [1.165, 1.54) is 0 Å². The molecule has 1 aromatic rings. The zero-order chi connectivity index (χ0) is 15.7. The molecular weight excluding hydrogens is 274 g/mol. The Morgan fingerprint density at radius 3 is 2.57 bits per heavy atom. The van der Waals surface area contributed by atoms with Crippen LogP contribution in [0.3, 0.4) is 0 Å². The van der Waals surface area contributed by atoms with Gasteiger partial charge >= 0.3 is 11.9 Å². The number of hydrogen-bond donors (Lipinski definition) is 1. The Morgan fingerprint density at radius 2 is 1.95 bits per heavy atom. The lowest BCUT2D eigenvalue weighted by Gasteiger charge is -2.10. The number of nitrogens with zero attached hydrogens (tertiary/aromatic N) is 1. The first-order valence-corrected chi connectivity index (χ1v) is 6.32.